The lowest BCUT2D eigenvalue weighted by molar-refractivity contribution is -0.274. The topological polar surface area (TPSA) is 64.1 Å². The maximum absolute atomic E-state index is 13.4. The molecule has 0 radical (unpaired) electrons. The van der Waals surface area contributed by atoms with Crippen molar-refractivity contribution >= 4 is 45.0 Å². The molecule has 0 saturated carbocycles. The van der Waals surface area contributed by atoms with Crippen molar-refractivity contribution in [3.63, 3.8) is 0 Å². The number of methoxy groups -OCH3 is 1. The van der Waals surface area contributed by atoms with Gasteiger partial charge in [0.2, 0.25) is 0 Å². The van der Waals surface area contributed by atoms with Crippen molar-refractivity contribution in [2.24, 2.45) is 0 Å². The number of fused-ring (bicyclic) bond motifs is 1. The fraction of sp³-hybridized carbons (Fsp3) is 0.364. The lowest BCUT2D eigenvalue weighted by atomic mass is 10.2. The molecule has 0 bridgehead atoms. The van der Waals surface area contributed by atoms with E-state index < -0.39 is 6.36 Å². The van der Waals surface area contributed by atoms with Crippen molar-refractivity contribution in [3.05, 3.63) is 48.0 Å². The molecule has 2 heterocycles. The molecular formula is C22H23ClF3N3O4S. The predicted molar refractivity (Wildman–Crippen MR) is 125 cm³/mol. The number of halogens is 4. The van der Waals surface area contributed by atoms with Crippen LogP contribution in [0.25, 0.3) is 10.2 Å². The summed E-state index contributed by atoms with van der Waals surface area (Å²) in [6.45, 7) is 3.79. The summed E-state index contributed by atoms with van der Waals surface area (Å²) in [6.07, 6.45) is -4.78. The summed E-state index contributed by atoms with van der Waals surface area (Å²) < 4.78 is 52.8. The monoisotopic (exact) mass is 517 g/mol. The molecule has 3 aromatic rings. The normalized spacial score (nSPS) is 14.5. The number of carbonyl (C=O) groups excluding carboxylic acids is 1. The zero-order valence-corrected chi connectivity index (χ0v) is 19.8. The zero-order valence-electron chi connectivity index (χ0n) is 18.2. The van der Waals surface area contributed by atoms with Gasteiger partial charge in [0.1, 0.15) is 11.5 Å². The van der Waals surface area contributed by atoms with E-state index in [2.05, 4.69) is 14.6 Å². The number of benzene rings is 2. The summed E-state index contributed by atoms with van der Waals surface area (Å²) in [7, 11) is 1.54. The minimum Gasteiger partial charge on any atom is -0.497 e. The van der Waals surface area contributed by atoms with Gasteiger partial charge in [0.15, 0.2) is 5.13 Å². The lowest BCUT2D eigenvalue weighted by Gasteiger charge is -2.29. The summed E-state index contributed by atoms with van der Waals surface area (Å²) in [5.41, 5.74) is 0.946. The van der Waals surface area contributed by atoms with Gasteiger partial charge in [-0.05, 0) is 36.4 Å². The smallest absolute Gasteiger partial charge is 0.497 e. The molecule has 1 saturated heterocycles. The highest BCUT2D eigenvalue weighted by Gasteiger charge is 2.31. The van der Waals surface area contributed by atoms with Crippen LogP contribution in [0.1, 0.15) is 10.4 Å². The van der Waals surface area contributed by atoms with E-state index in [-0.39, 0.29) is 24.1 Å². The number of aromatic nitrogens is 1. The molecule has 1 fully saturated rings. The van der Waals surface area contributed by atoms with Gasteiger partial charge in [-0.15, -0.1) is 25.6 Å². The Labute approximate surface area is 204 Å². The molecule has 34 heavy (non-hydrogen) atoms. The average Bonchev–Trinajstić information content (AvgIpc) is 3.21. The molecule has 1 amide bonds. The third kappa shape index (κ3) is 6.50. The van der Waals surface area contributed by atoms with E-state index in [4.69, 9.17) is 9.47 Å². The molecular weight excluding hydrogens is 495 g/mol. The SMILES string of the molecule is COc1ccc(C(=O)N(CCN2CCOCC2)c2nc3ccc(OC(F)(F)F)cc3s2)cc1.Cl. The summed E-state index contributed by atoms with van der Waals surface area (Å²) >= 11 is 1.14. The Morgan fingerprint density at radius 3 is 2.47 bits per heavy atom. The van der Waals surface area contributed by atoms with Crippen LogP contribution in [0.15, 0.2) is 42.5 Å². The zero-order chi connectivity index (χ0) is 23.4. The van der Waals surface area contributed by atoms with Crippen LogP contribution in [0.4, 0.5) is 18.3 Å². The second kappa shape index (κ2) is 11.2. The van der Waals surface area contributed by atoms with Crippen molar-refractivity contribution in [3.8, 4) is 11.5 Å². The number of hydrogen-bond donors (Lipinski definition) is 0. The van der Waals surface area contributed by atoms with Crippen LogP contribution in [-0.2, 0) is 4.74 Å². The number of morpholine rings is 1. The van der Waals surface area contributed by atoms with Gasteiger partial charge in [-0.2, -0.15) is 0 Å². The largest absolute Gasteiger partial charge is 0.573 e. The second-order valence-corrected chi connectivity index (χ2v) is 8.32. The van der Waals surface area contributed by atoms with Crippen LogP contribution in [0.2, 0.25) is 0 Å². The van der Waals surface area contributed by atoms with E-state index in [1.54, 1.807) is 36.3 Å². The van der Waals surface area contributed by atoms with Crippen molar-refractivity contribution < 1.29 is 32.2 Å². The van der Waals surface area contributed by atoms with Gasteiger partial charge in [0.25, 0.3) is 5.91 Å². The number of thiazole rings is 1. The van der Waals surface area contributed by atoms with Crippen LogP contribution in [0.5, 0.6) is 11.5 Å². The van der Waals surface area contributed by atoms with Crippen molar-refractivity contribution in [2.45, 2.75) is 6.36 Å². The molecule has 0 unspecified atom stereocenters. The van der Waals surface area contributed by atoms with Gasteiger partial charge >= 0.3 is 6.36 Å². The summed E-state index contributed by atoms with van der Waals surface area (Å²) in [4.78, 5) is 21.7. The van der Waals surface area contributed by atoms with E-state index in [0.29, 0.717) is 53.0 Å². The highest BCUT2D eigenvalue weighted by Crippen LogP contribution is 2.34. The number of carbonyl (C=O) groups is 1. The quantitative estimate of drug-likeness (QED) is 0.456. The molecule has 2 aromatic carbocycles. The molecule has 0 N–H and O–H groups in total. The second-order valence-electron chi connectivity index (χ2n) is 7.31. The van der Waals surface area contributed by atoms with E-state index in [9.17, 15) is 18.0 Å². The first kappa shape index (κ1) is 26.0. The first-order valence-electron chi connectivity index (χ1n) is 10.2. The molecule has 7 nitrogen and oxygen atoms in total. The van der Waals surface area contributed by atoms with Gasteiger partial charge in [-0.25, -0.2) is 4.98 Å². The third-order valence-corrected chi connectivity index (χ3v) is 6.18. The van der Waals surface area contributed by atoms with Crippen LogP contribution in [0, 0.1) is 0 Å². The molecule has 0 aliphatic carbocycles. The first-order chi connectivity index (χ1) is 15.8. The minimum absolute atomic E-state index is 0. The van der Waals surface area contributed by atoms with Gasteiger partial charge in [-0.1, -0.05) is 11.3 Å². The van der Waals surface area contributed by atoms with Gasteiger partial charge in [0.05, 0.1) is 30.5 Å². The van der Waals surface area contributed by atoms with Crippen LogP contribution < -0.4 is 14.4 Å². The number of nitrogens with zero attached hydrogens (tertiary/aromatic N) is 3. The lowest BCUT2D eigenvalue weighted by Crippen LogP contribution is -2.43. The number of anilines is 1. The molecule has 184 valence electrons. The molecule has 1 aliphatic heterocycles. The Hall–Kier alpha value is -2.60. The van der Waals surface area contributed by atoms with Gasteiger partial charge < -0.3 is 14.2 Å². The fourth-order valence-electron chi connectivity index (χ4n) is 3.45. The standard InChI is InChI=1S/C22H22F3N3O4S.ClH/c1-30-16-4-2-15(3-5-16)20(29)28(9-8-27-10-12-31-13-11-27)21-26-18-7-6-17(14-19(18)33-21)32-22(23,24)25;/h2-7,14H,8-13H2,1H3;1H. The van der Waals surface area contributed by atoms with E-state index in [1.165, 1.54) is 18.2 Å². The summed E-state index contributed by atoms with van der Waals surface area (Å²) in [5.74, 6) is 0.0480. The average molecular weight is 518 g/mol. The molecule has 1 aromatic heterocycles. The third-order valence-electron chi connectivity index (χ3n) is 5.14. The maximum Gasteiger partial charge on any atom is 0.573 e. The number of ether oxygens (including phenoxy) is 3. The summed E-state index contributed by atoms with van der Waals surface area (Å²) in [5, 5.41) is 0.406. The molecule has 1 aliphatic rings. The minimum atomic E-state index is -4.78. The molecule has 0 spiro atoms. The fourth-order valence-corrected chi connectivity index (χ4v) is 4.46. The van der Waals surface area contributed by atoms with Crippen LogP contribution in [-0.4, -0.2) is 68.7 Å². The number of amides is 1. The predicted octanol–water partition coefficient (Wildman–Crippen LogP) is 4.60. The molecule has 4 rings (SSSR count). The maximum atomic E-state index is 13.4. The van der Waals surface area contributed by atoms with Gasteiger partial charge in [-0.3, -0.25) is 14.6 Å². The number of rotatable bonds is 7. The van der Waals surface area contributed by atoms with E-state index in [1.807, 2.05) is 0 Å². The number of hydrogen-bond acceptors (Lipinski definition) is 7. The molecule has 12 heteroatoms. The molecule has 0 atom stereocenters. The van der Waals surface area contributed by atoms with E-state index in [0.717, 1.165) is 24.4 Å². The Kier molecular flexibility index (Phi) is 8.58. The highest BCUT2D eigenvalue weighted by molar-refractivity contribution is 7.22. The number of alkyl halides is 3. The van der Waals surface area contributed by atoms with Crippen molar-refractivity contribution in [1.82, 2.24) is 9.88 Å². The highest BCUT2D eigenvalue weighted by atomic mass is 35.5. The van der Waals surface area contributed by atoms with Gasteiger partial charge in [0, 0.05) is 37.8 Å². The first-order valence-corrected chi connectivity index (χ1v) is 11.1. The van der Waals surface area contributed by atoms with E-state index >= 15 is 0 Å². The van der Waals surface area contributed by atoms with Crippen LogP contribution >= 0.6 is 23.7 Å². The Bertz CT molecular complexity index is 1100. The van der Waals surface area contributed by atoms with Crippen molar-refractivity contribution in [1.29, 1.82) is 0 Å². The van der Waals surface area contributed by atoms with Crippen LogP contribution in [0.3, 0.4) is 0 Å². The Morgan fingerprint density at radius 2 is 1.82 bits per heavy atom. The Balaban J connectivity index is 0.00000324. The van der Waals surface area contributed by atoms with Crippen molar-refractivity contribution in [2.75, 3.05) is 51.4 Å². The summed E-state index contributed by atoms with van der Waals surface area (Å²) in [6, 6.07) is 10.7. The Morgan fingerprint density at radius 1 is 1.15 bits per heavy atom.